The molecule has 1 unspecified atom stereocenters. The molecule has 0 saturated heterocycles. The summed E-state index contributed by atoms with van der Waals surface area (Å²) in [5.41, 5.74) is 7.31. The van der Waals surface area contributed by atoms with Gasteiger partial charge in [-0.15, -0.1) is 0 Å². The molecule has 0 heterocycles. The van der Waals surface area contributed by atoms with Crippen LogP contribution in [0.1, 0.15) is 98.8 Å². The third-order valence-electron chi connectivity index (χ3n) is 11.0. The highest BCUT2D eigenvalue weighted by Crippen LogP contribution is 2.68. The second-order valence-corrected chi connectivity index (χ2v) is 12.9. The van der Waals surface area contributed by atoms with Crippen LogP contribution in [0.25, 0.3) is 0 Å². The lowest BCUT2D eigenvalue weighted by molar-refractivity contribution is -0.183. The molecule has 0 aromatic carbocycles. The van der Waals surface area contributed by atoms with Gasteiger partial charge in [0.15, 0.2) is 0 Å². The van der Waals surface area contributed by atoms with Crippen molar-refractivity contribution in [2.24, 2.45) is 58.0 Å². The van der Waals surface area contributed by atoms with E-state index in [1.807, 2.05) is 0 Å². The largest absolute Gasteiger partial charge is 0.393 e. The molecular formula is C27H49NO2. The SMILES string of the molecule is CC(C)CCC[C@@H](C)[C@H]1CC[C@H]2[C@@H]3[C@H](O)[C@@H](N)C4C[C@@H](O)CC[C@]4(C)[C@H]3CC[C@]12C. The third-order valence-corrected chi connectivity index (χ3v) is 11.0. The first-order chi connectivity index (χ1) is 14.1. The van der Waals surface area contributed by atoms with Gasteiger partial charge in [-0.1, -0.05) is 53.9 Å². The molecule has 4 aliphatic carbocycles. The maximum Gasteiger partial charge on any atom is 0.0727 e. The van der Waals surface area contributed by atoms with Gasteiger partial charge in [0, 0.05) is 6.04 Å². The van der Waals surface area contributed by atoms with Crippen LogP contribution in [-0.4, -0.2) is 28.5 Å². The van der Waals surface area contributed by atoms with Crippen molar-refractivity contribution in [2.45, 2.75) is 117 Å². The lowest BCUT2D eigenvalue weighted by atomic mass is 9.42. The number of aliphatic hydroxyl groups is 2. The second-order valence-electron chi connectivity index (χ2n) is 12.9. The Morgan fingerprint density at radius 3 is 2.23 bits per heavy atom. The fourth-order valence-corrected chi connectivity index (χ4v) is 9.36. The minimum absolute atomic E-state index is 0.170. The van der Waals surface area contributed by atoms with E-state index < -0.39 is 6.10 Å². The van der Waals surface area contributed by atoms with E-state index in [2.05, 4.69) is 34.6 Å². The molecule has 4 fully saturated rings. The van der Waals surface area contributed by atoms with E-state index in [-0.39, 0.29) is 23.5 Å². The topological polar surface area (TPSA) is 66.5 Å². The van der Waals surface area contributed by atoms with Crippen molar-refractivity contribution in [1.82, 2.24) is 0 Å². The van der Waals surface area contributed by atoms with Gasteiger partial charge in [-0.05, 0) is 97.2 Å². The van der Waals surface area contributed by atoms with Gasteiger partial charge in [0.2, 0.25) is 0 Å². The van der Waals surface area contributed by atoms with Crippen molar-refractivity contribution >= 4 is 0 Å². The first-order valence-electron chi connectivity index (χ1n) is 13.2. The molecule has 4 N–H and O–H groups in total. The van der Waals surface area contributed by atoms with Gasteiger partial charge in [0.25, 0.3) is 0 Å². The van der Waals surface area contributed by atoms with Gasteiger partial charge in [-0.25, -0.2) is 0 Å². The van der Waals surface area contributed by atoms with E-state index in [0.717, 1.165) is 37.0 Å². The summed E-state index contributed by atoms with van der Waals surface area (Å²) in [7, 11) is 0. The van der Waals surface area contributed by atoms with Gasteiger partial charge in [0.05, 0.1) is 12.2 Å². The average Bonchev–Trinajstić information content (AvgIpc) is 3.04. The predicted molar refractivity (Wildman–Crippen MR) is 124 cm³/mol. The average molecular weight is 420 g/mol. The Labute approximate surface area is 185 Å². The molecule has 4 rings (SSSR count). The Bertz CT molecular complexity index is 608. The lowest BCUT2D eigenvalue weighted by Crippen LogP contribution is -2.66. The Kier molecular flexibility index (Phi) is 6.41. The molecular weight excluding hydrogens is 370 g/mol. The number of rotatable bonds is 5. The molecule has 0 radical (unpaired) electrons. The summed E-state index contributed by atoms with van der Waals surface area (Å²) in [6.45, 7) is 12.2. The van der Waals surface area contributed by atoms with Crippen molar-refractivity contribution < 1.29 is 10.2 Å². The number of hydrogen-bond acceptors (Lipinski definition) is 3. The first kappa shape index (κ1) is 23.1. The van der Waals surface area contributed by atoms with Gasteiger partial charge in [-0.3, -0.25) is 0 Å². The van der Waals surface area contributed by atoms with E-state index in [1.54, 1.807) is 0 Å². The minimum Gasteiger partial charge on any atom is -0.393 e. The summed E-state index contributed by atoms with van der Waals surface area (Å²) in [5.74, 6) is 4.24. The Morgan fingerprint density at radius 1 is 0.867 bits per heavy atom. The van der Waals surface area contributed by atoms with Crippen molar-refractivity contribution in [1.29, 1.82) is 0 Å². The number of fused-ring (bicyclic) bond motifs is 5. The zero-order valence-corrected chi connectivity index (χ0v) is 20.3. The maximum atomic E-state index is 11.5. The van der Waals surface area contributed by atoms with Gasteiger partial charge < -0.3 is 15.9 Å². The molecule has 3 nitrogen and oxygen atoms in total. The molecule has 0 amide bonds. The minimum atomic E-state index is -0.391. The fraction of sp³-hybridized carbons (Fsp3) is 1.00. The summed E-state index contributed by atoms with van der Waals surface area (Å²) in [6.07, 6.45) is 11.4. The van der Waals surface area contributed by atoms with E-state index >= 15 is 0 Å². The zero-order chi connectivity index (χ0) is 21.8. The van der Waals surface area contributed by atoms with Gasteiger partial charge in [-0.2, -0.15) is 0 Å². The highest BCUT2D eigenvalue weighted by atomic mass is 16.3. The Morgan fingerprint density at radius 2 is 1.53 bits per heavy atom. The number of hydrogen-bond donors (Lipinski definition) is 3. The van der Waals surface area contributed by atoms with Crippen LogP contribution in [0, 0.1) is 52.3 Å². The first-order valence-corrected chi connectivity index (χ1v) is 13.2. The van der Waals surface area contributed by atoms with E-state index in [0.29, 0.717) is 23.2 Å². The molecule has 0 bridgehead atoms. The number of aliphatic hydroxyl groups excluding tert-OH is 2. The van der Waals surface area contributed by atoms with E-state index in [9.17, 15) is 10.2 Å². The summed E-state index contributed by atoms with van der Waals surface area (Å²) < 4.78 is 0. The van der Waals surface area contributed by atoms with Gasteiger partial charge in [0.1, 0.15) is 0 Å². The van der Waals surface area contributed by atoms with Crippen LogP contribution in [0.15, 0.2) is 0 Å². The molecule has 0 aromatic heterocycles. The molecule has 4 saturated carbocycles. The molecule has 174 valence electrons. The molecule has 30 heavy (non-hydrogen) atoms. The van der Waals surface area contributed by atoms with Crippen molar-refractivity contribution in [3.63, 3.8) is 0 Å². The van der Waals surface area contributed by atoms with Crippen molar-refractivity contribution in [3.05, 3.63) is 0 Å². The van der Waals surface area contributed by atoms with Crippen LogP contribution in [-0.2, 0) is 0 Å². The smallest absolute Gasteiger partial charge is 0.0727 e. The fourth-order valence-electron chi connectivity index (χ4n) is 9.36. The Hall–Kier alpha value is -0.120. The van der Waals surface area contributed by atoms with Gasteiger partial charge >= 0.3 is 0 Å². The molecule has 0 spiro atoms. The van der Waals surface area contributed by atoms with Crippen LogP contribution >= 0.6 is 0 Å². The molecule has 4 aliphatic rings. The zero-order valence-electron chi connectivity index (χ0n) is 20.3. The second kappa shape index (κ2) is 8.34. The maximum absolute atomic E-state index is 11.5. The standard InChI is InChI=1S/C27H49NO2/c1-16(2)7-6-8-17(3)19-9-10-20-23-21(12-14-26(19,20)4)27(5)13-11-18(29)15-22(27)24(28)25(23)30/h16-25,29-30H,6-15,28H2,1-5H3/t17-,18+,19-,20+,21+,22?,23+,24+,25+,26-,27-/m1/s1. The van der Waals surface area contributed by atoms with Crippen molar-refractivity contribution in [2.75, 3.05) is 0 Å². The molecule has 11 atom stereocenters. The summed E-state index contributed by atoms with van der Waals surface area (Å²) in [5, 5.41) is 21.8. The Balaban J connectivity index is 1.54. The van der Waals surface area contributed by atoms with Crippen molar-refractivity contribution in [3.8, 4) is 0 Å². The van der Waals surface area contributed by atoms with E-state index in [4.69, 9.17) is 5.73 Å². The van der Waals surface area contributed by atoms with Crippen LogP contribution in [0.3, 0.4) is 0 Å². The van der Waals surface area contributed by atoms with Crippen LogP contribution in [0.2, 0.25) is 0 Å². The summed E-state index contributed by atoms with van der Waals surface area (Å²) >= 11 is 0. The monoisotopic (exact) mass is 419 g/mol. The molecule has 0 aromatic rings. The summed E-state index contributed by atoms with van der Waals surface area (Å²) in [4.78, 5) is 0. The van der Waals surface area contributed by atoms with Crippen LogP contribution in [0.4, 0.5) is 0 Å². The van der Waals surface area contributed by atoms with E-state index in [1.165, 1.54) is 44.9 Å². The predicted octanol–water partition coefficient (Wildman–Crippen LogP) is 5.38. The third kappa shape index (κ3) is 3.59. The molecule has 3 heteroatoms. The number of nitrogens with two attached hydrogens (primary N) is 1. The lowest BCUT2D eigenvalue weighted by Gasteiger charge is -2.64. The molecule has 0 aliphatic heterocycles. The van der Waals surface area contributed by atoms with Crippen LogP contribution in [0.5, 0.6) is 0 Å². The highest BCUT2D eigenvalue weighted by Gasteiger charge is 2.64. The quantitative estimate of drug-likeness (QED) is 0.561. The highest BCUT2D eigenvalue weighted by molar-refractivity contribution is 5.14. The normalized spacial score (nSPS) is 51.9. The summed E-state index contributed by atoms with van der Waals surface area (Å²) in [6, 6.07) is -0.170. The van der Waals surface area contributed by atoms with Crippen LogP contribution < -0.4 is 5.73 Å².